The monoisotopic (exact) mass is 282 g/mol. The Morgan fingerprint density at radius 2 is 2.00 bits per heavy atom. The maximum atomic E-state index is 6.29. The lowest BCUT2D eigenvalue weighted by Gasteiger charge is -2.49. The zero-order valence-corrected chi connectivity index (χ0v) is 13.7. The van der Waals surface area contributed by atoms with Gasteiger partial charge in [0.05, 0.1) is 6.61 Å². The van der Waals surface area contributed by atoms with Gasteiger partial charge in [0.25, 0.3) is 0 Å². The highest BCUT2D eigenvalue weighted by molar-refractivity contribution is 5.00. The number of hydrogen-bond acceptors (Lipinski definition) is 3. The Morgan fingerprint density at radius 3 is 2.55 bits per heavy atom. The molecular formula is C17H34N2O. The van der Waals surface area contributed by atoms with Gasteiger partial charge in [0.1, 0.15) is 0 Å². The van der Waals surface area contributed by atoms with E-state index < -0.39 is 0 Å². The van der Waals surface area contributed by atoms with Gasteiger partial charge in [-0.1, -0.05) is 26.7 Å². The lowest BCUT2D eigenvalue weighted by Crippen LogP contribution is -2.58. The summed E-state index contributed by atoms with van der Waals surface area (Å²) in [6.07, 6.45) is 8.33. The molecule has 2 saturated carbocycles. The fraction of sp³-hybridized carbons (Fsp3) is 1.00. The molecule has 2 rings (SSSR count). The fourth-order valence-electron chi connectivity index (χ4n) is 4.12. The van der Waals surface area contributed by atoms with Gasteiger partial charge < -0.3 is 10.5 Å². The summed E-state index contributed by atoms with van der Waals surface area (Å²) in [6.45, 7) is 8.44. The van der Waals surface area contributed by atoms with Crippen LogP contribution in [0, 0.1) is 17.8 Å². The third kappa shape index (κ3) is 3.96. The fourth-order valence-corrected chi connectivity index (χ4v) is 4.12. The standard InChI is InChI=1S/C17H34N2O/c1-14(2)12-19(9-10-20-3)17(13-18)8-4-5-16(11-17)15-6-7-15/h14-16H,4-13,18H2,1-3H3. The quantitative estimate of drug-likeness (QED) is 0.744. The van der Waals surface area contributed by atoms with Crippen molar-refractivity contribution in [3.63, 3.8) is 0 Å². The molecule has 2 aliphatic rings. The second-order valence-electron chi connectivity index (χ2n) is 7.45. The first-order valence-electron chi connectivity index (χ1n) is 8.55. The second kappa shape index (κ2) is 7.24. The molecule has 0 heterocycles. The summed E-state index contributed by atoms with van der Waals surface area (Å²) in [7, 11) is 1.80. The van der Waals surface area contributed by atoms with Gasteiger partial charge in [0.2, 0.25) is 0 Å². The molecule has 0 bridgehead atoms. The van der Waals surface area contributed by atoms with Crippen LogP contribution in [0.15, 0.2) is 0 Å². The maximum Gasteiger partial charge on any atom is 0.0589 e. The van der Waals surface area contributed by atoms with E-state index in [-0.39, 0.29) is 5.54 Å². The van der Waals surface area contributed by atoms with Gasteiger partial charge in [-0.05, 0) is 43.4 Å². The third-order valence-corrected chi connectivity index (χ3v) is 5.35. The van der Waals surface area contributed by atoms with Crippen LogP contribution in [0.2, 0.25) is 0 Å². The summed E-state index contributed by atoms with van der Waals surface area (Å²) in [5.74, 6) is 2.64. The van der Waals surface area contributed by atoms with Crippen molar-refractivity contribution in [3.05, 3.63) is 0 Å². The van der Waals surface area contributed by atoms with Crippen LogP contribution in [0.25, 0.3) is 0 Å². The Kier molecular flexibility index (Phi) is 5.88. The van der Waals surface area contributed by atoms with Gasteiger partial charge in [-0.25, -0.2) is 0 Å². The van der Waals surface area contributed by atoms with Crippen LogP contribution in [0.4, 0.5) is 0 Å². The number of rotatable bonds is 8. The molecule has 118 valence electrons. The first-order valence-corrected chi connectivity index (χ1v) is 8.55. The highest BCUT2D eigenvalue weighted by atomic mass is 16.5. The van der Waals surface area contributed by atoms with Crippen LogP contribution in [-0.2, 0) is 4.74 Å². The van der Waals surface area contributed by atoms with E-state index in [1.807, 2.05) is 0 Å². The van der Waals surface area contributed by atoms with Crippen LogP contribution < -0.4 is 5.73 Å². The highest BCUT2D eigenvalue weighted by Crippen LogP contribution is 2.48. The Bertz CT molecular complexity index is 291. The summed E-state index contributed by atoms with van der Waals surface area (Å²) < 4.78 is 5.34. The number of methoxy groups -OCH3 is 1. The smallest absolute Gasteiger partial charge is 0.0589 e. The summed E-state index contributed by atoms with van der Waals surface area (Å²) in [5.41, 5.74) is 6.53. The van der Waals surface area contributed by atoms with E-state index in [1.54, 1.807) is 7.11 Å². The molecule has 0 aliphatic heterocycles. The SMILES string of the molecule is COCCN(CC(C)C)C1(CN)CCCC(C2CC2)C1. The van der Waals surface area contributed by atoms with Crippen LogP contribution >= 0.6 is 0 Å². The lowest BCUT2D eigenvalue weighted by atomic mass is 9.72. The first-order chi connectivity index (χ1) is 9.61. The Labute approximate surface area is 125 Å². The van der Waals surface area contributed by atoms with Crippen LogP contribution in [0.1, 0.15) is 52.4 Å². The molecule has 0 radical (unpaired) electrons. The van der Waals surface area contributed by atoms with Crippen LogP contribution in [0.5, 0.6) is 0 Å². The molecular weight excluding hydrogens is 248 g/mol. The molecule has 0 aromatic rings. The van der Waals surface area contributed by atoms with Crippen molar-refractivity contribution in [1.82, 2.24) is 4.90 Å². The van der Waals surface area contributed by atoms with Crippen LogP contribution in [-0.4, -0.2) is 43.8 Å². The van der Waals surface area contributed by atoms with Crippen molar-refractivity contribution in [3.8, 4) is 0 Å². The number of ether oxygens (including phenoxy) is 1. The number of nitrogens with zero attached hydrogens (tertiary/aromatic N) is 1. The topological polar surface area (TPSA) is 38.5 Å². The molecule has 0 amide bonds. The normalized spacial score (nSPS) is 31.2. The van der Waals surface area contributed by atoms with Crippen molar-refractivity contribution in [2.24, 2.45) is 23.5 Å². The minimum Gasteiger partial charge on any atom is -0.383 e. The Morgan fingerprint density at radius 1 is 1.25 bits per heavy atom. The third-order valence-electron chi connectivity index (χ3n) is 5.35. The molecule has 3 nitrogen and oxygen atoms in total. The molecule has 3 heteroatoms. The van der Waals surface area contributed by atoms with E-state index in [1.165, 1.54) is 38.5 Å². The molecule has 0 spiro atoms. The first kappa shape index (κ1) is 16.3. The molecule has 2 aliphatic carbocycles. The van der Waals surface area contributed by atoms with Gasteiger partial charge >= 0.3 is 0 Å². The Balaban J connectivity index is 2.06. The number of hydrogen-bond donors (Lipinski definition) is 1. The van der Waals surface area contributed by atoms with Crippen molar-refractivity contribution < 1.29 is 4.74 Å². The lowest BCUT2D eigenvalue weighted by molar-refractivity contribution is 0.00591. The molecule has 2 unspecified atom stereocenters. The predicted octanol–water partition coefficient (Wildman–Crippen LogP) is 2.89. The van der Waals surface area contributed by atoms with Gasteiger partial charge in [-0.2, -0.15) is 0 Å². The molecule has 0 aromatic heterocycles. The van der Waals surface area contributed by atoms with Gasteiger partial charge in [0.15, 0.2) is 0 Å². The van der Waals surface area contributed by atoms with Crippen molar-refractivity contribution in [2.45, 2.75) is 57.9 Å². The average Bonchev–Trinajstić information content (AvgIpc) is 3.27. The molecule has 2 atom stereocenters. The van der Waals surface area contributed by atoms with E-state index in [0.717, 1.165) is 38.1 Å². The van der Waals surface area contributed by atoms with Crippen molar-refractivity contribution >= 4 is 0 Å². The molecule has 2 fully saturated rings. The molecule has 2 N–H and O–H groups in total. The summed E-state index contributed by atoms with van der Waals surface area (Å²) in [6, 6.07) is 0. The second-order valence-corrected chi connectivity index (χ2v) is 7.45. The van der Waals surface area contributed by atoms with Gasteiger partial charge in [-0.15, -0.1) is 0 Å². The van der Waals surface area contributed by atoms with Crippen LogP contribution in [0.3, 0.4) is 0 Å². The van der Waals surface area contributed by atoms with Crippen molar-refractivity contribution in [1.29, 1.82) is 0 Å². The highest BCUT2D eigenvalue weighted by Gasteiger charge is 2.44. The predicted molar refractivity (Wildman–Crippen MR) is 84.8 cm³/mol. The van der Waals surface area contributed by atoms with E-state index in [2.05, 4.69) is 18.7 Å². The summed E-state index contributed by atoms with van der Waals surface area (Å²) in [4.78, 5) is 2.66. The van der Waals surface area contributed by atoms with Gasteiger partial charge in [0, 0.05) is 32.3 Å². The molecule has 0 aromatic carbocycles. The van der Waals surface area contributed by atoms with Crippen molar-refractivity contribution in [2.75, 3.05) is 33.4 Å². The minimum atomic E-state index is 0.244. The molecule has 20 heavy (non-hydrogen) atoms. The summed E-state index contributed by atoms with van der Waals surface area (Å²) >= 11 is 0. The zero-order valence-electron chi connectivity index (χ0n) is 13.7. The largest absolute Gasteiger partial charge is 0.383 e. The van der Waals surface area contributed by atoms with Gasteiger partial charge in [-0.3, -0.25) is 4.90 Å². The number of nitrogens with two attached hydrogens (primary N) is 1. The minimum absolute atomic E-state index is 0.244. The van der Waals surface area contributed by atoms with E-state index in [4.69, 9.17) is 10.5 Å². The zero-order chi connectivity index (χ0) is 14.6. The maximum absolute atomic E-state index is 6.29. The molecule has 0 saturated heterocycles. The Hall–Kier alpha value is -0.120. The summed E-state index contributed by atoms with van der Waals surface area (Å²) in [5, 5.41) is 0. The average molecular weight is 282 g/mol. The van der Waals surface area contributed by atoms with E-state index >= 15 is 0 Å². The van der Waals surface area contributed by atoms with E-state index in [9.17, 15) is 0 Å². The van der Waals surface area contributed by atoms with E-state index in [0.29, 0.717) is 5.92 Å².